The van der Waals surface area contributed by atoms with Crippen LogP contribution in [-0.2, 0) is 21.0 Å². The lowest BCUT2D eigenvalue weighted by molar-refractivity contribution is -0.134. The molecule has 1 aromatic carbocycles. The van der Waals surface area contributed by atoms with Gasteiger partial charge in [-0.05, 0) is 5.56 Å². The normalized spacial score (nSPS) is 10.2. The van der Waals surface area contributed by atoms with Crippen molar-refractivity contribution in [3.05, 3.63) is 48.2 Å². The monoisotopic (exact) mass is 207 g/mol. The van der Waals surface area contributed by atoms with Gasteiger partial charge in [0, 0.05) is 12.3 Å². The lowest BCUT2D eigenvalue weighted by Gasteiger charge is -2.01. The first-order valence-electron chi connectivity index (χ1n) is 4.48. The average molecular weight is 207 g/mol. The molecule has 80 valence electrons. The Kier molecular flexibility index (Phi) is 4.97. The van der Waals surface area contributed by atoms with Crippen LogP contribution in [0.15, 0.2) is 42.6 Å². The van der Waals surface area contributed by atoms with Gasteiger partial charge >= 0.3 is 5.97 Å². The van der Waals surface area contributed by atoms with Crippen molar-refractivity contribution < 1.29 is 14.4 Å². The summed E-state index contributed by atoms with van der Waals surface area (Å²) in [6, 6.07) is 9.71. The second kappa shape index (κ2) is 6.62. The molecular formula is C11H13NO3. The summed E-state index contributed by atoms with van der Waals surface area (Å²) < 4.78 is 4.39. The maximum absolute atomic E-state index is 10.6. The zero-order chi connectivity index (χ0) is 10.9. The van der Waals surface area contributed by atoms with Gasteiger partial charge < -0.3 is 4.74 Å². The van der Waals surface area contributed by atoms with Gasteiger partial charge in [0.1, 0.15) is 0 Å². The molecule has 0 aliphatic carbocycles. The molecule has 0 aromatic heterocycles. The maximum Gasteiger partial charge on any atom is 0.332 e. The standard InChI is InChI=1S/C11H13NO3/c1-14-11(13)7-8-12-15-9-10-5-3-2-4-6-10/h2-8,12H,9H2,1H3/b8-7+. The molecule has 1 rings (SSSR count). The summed E-state index contributed by atoms with van der Waals surface area (Å²) in [5.41, 5.74) is 3.57. The summed E-state index contributed by atoms with van der Waals surface area (Å²) in [7, 11) is 1.32. The largest absolute Gasteiger partial charge is 0.466 e. The number of hydrogen-bond donors (Lipinski definition) is 1. The number of nitrogens with one attached hydrogen (secondary N) is 1. The van der Waals surface area contributed by atoms with Gasteiger partial charge in [0.25, 0.3) is 0 Å². The van der Waals surface area contributed by atoms with Crippen LogP contribution in [0, 0.1) is 0 Å². The summed E-state index contributed by atoms with van der Waals surface area (Å²) in [6.45, 7) is 0.437. The Hall–Kier alpha value is -1.81. The van der Waals surface area contributed by atoms with Gasteiger partial charge in [0.15, 0.2) is 0 Å². The molecule has 0 unspecified atom stereocenters. The molecule has 0 radical (unpaired) electrons. The van der Waals surface area contributed by atoms with Gasteiger partial charge in [0.05, 0.1) is 13.7 Å². The summed E-state index contributed by atoms with van der Waals surface area (Å²) in [6.07, 6.45) is 2.62. The van der Waals surface area contributed by atoms with Crippen molar-refractivity contribution in [2.45, 2.75) is 6.61 Å². The highest BCUT2D eigenvalue weighted by atomic mass is 16.6. The Labute approximate surface area is 88.5 Å². The fourth-order valence-corrected chi connectivity index (χ4v) is 0.917. The third-order valence-corrected chi connectivity index (χ3v) is 1.65. The molecule has 0 aliphatic heterocycles. The van der Waals surface area contributed by atoms with Gasteiger partial charge in [-0.15, -0.1) is 0 Å². The Morgan fingerprint density at radius 2 is 2.13 bits per heavy atom. The van der Waals surface area contributed by atoms with E-state index in [1.807, 2.05) is 30.3 Å². The first kappa shape index (κ1) is 11.3. The van der Waals surface area contributed by atoms with E-state index in [0.29, 0.717) is 6.61 Å². The van der Waals surface area contributed by atoms with Gasteiger partial charge in [-0.1, -0.05) is 30.3 Å². The first-order chi connectivity index (χ1) is 7.33. The molecule has 0 atom stereocenters. The fraction of sp³-hybridized carbons (Fsp3) is 0.182. The van der Waals surface area contributed by atoms with Crippen molar-refractivity contribution in [3.8, 4) is 0 Å². The van der Waals surface area contributed by atoms with Crippen LogP contribution >= 0.6 is 0 Å². The van der Waals surface area contributed by atoms with E-state index < -0.39 is 5.97 Å². The van der Waals surface area contributed by atoms with Crippen molar-refractivity contribution in [2.75, 3.05) is 7.11 Å². The molecule has 0 saturated carbocycles. The molecule has 15 heavy (non-hydrogen) atoms. The van der Waals surface area contributed by atoms with Crippen LogP contribution in [-0.4, -0.2) is 13.1 Å². The highest BCUT2D eigenvalue weighted by molar-refractivity contribution is 5.81. The Morgan fingerprint density at radius 3 is 2.80 bits per heavy atom. The minimum Gasteiger partial charge on any atom is -0.466 e. The predicted molar refractivity (Wildman–Crippen MR) is 55.5 cm³/mol. The molecule has 0 saturated heterocycles. The number of carbonyl (C=O) groups excluding carboxylic acids is 1. The molecule has 0 spiro atoms. The van der Waals surface area contributed by atoms with Gasteiger partial charge in [-0.3, -0.25) is 10.3 Å². The highest BCUT2D eigenvalue weighted by Crippen LogP contribution is 1.98. The Morgan fingerprint density at radius 1 is 1.40 bits per heavy atom. The molecule has 0 heterocycles. The van der Waals surface area contributed by atoms with E-state index in [1.54, 1.807) is 0 Å². The molecular weight excluding hydrogens is 194 g/mol. The van der Waals surface area contributed by atoms with Gasteiger partial charge in [-0.2, -0.15) is 0 Å². The van der Waals surface area contributed by atoms with Crippen LogP contribution in [0.2, 0.25) is 0 Å². The Bertz CT molecular complexity index is 322. The number of carbonyl (C=O) groups is 1. The van der Waals surface area contributed by atoms with E-state index in [9.17, 15) is 4.79 Å². The van der Waals surface area contributed by atoms with Crippen LogP contribution in [0.4, 0.5) is 0 Å². The van der Waals surface area contributed by atoms with Crippen LogP contribution in [0.5, 0.6) is 0 Å². The molecule has 4 nitrogen and oxygen atoms in total. The number of hydrogen-bond acceptors (Lipinski definition) is 4. The zero-order valence-corrected chi connectivity index (χ0v) is 8.47. The molecule has 1 aromatic rings. The third kappa shape index (κ3) is 4.83. The highest BCUT2D eigenvalue weighted by Gasteiger charge is 1.90. The first-order valence-corrected chi connectivity index (χ1v) is 4.48. The van der Waals surface area contributed by atoms with E-state index in [2.05, 4.69) is 10.2 Å². The summed E-state index contributed by atoms with van der Waals surface area (Å²) in [4.78, 5) is 15.7. The van der Waals surface area contributed by atoms with Crippen molar-refractivity contribution in [1.29, 1.82) is 0 Å². The van der Waals surface area contributed by atoms with E-state index >= 15 is 0 Å². The Balaban J connectivity index is 2.17. The molecule has 0 fully saturated rings. The van der Waals surface area contributed by atoms with Crippen molar-refractivity contribution >= 4 is 5.97 Å². The molecule has 0 amide bonds. The molecule has 0 aliphatic rings. The summed E-state index contributed by atoms with van der Waals surface area (Å²) >= 11 is 0. The van der Waals surface area contributed by atoms with E-state index in [-0.39, 0.29) is 0 Å². The lowest BCUT2D eigenvalue weighted by atomic mass is 10.2. The van der Waals surface area contributed by atoms with Crippen molar-refractivity contribution in [3.63, 3.8) is 0 Å². The zero-order valence-electron chi connectivity index (χ0n) is 8.47. The minimum absolute atomic E-state index is 0.425. The number of methoxy groups -OCH3 is 1. The molecule has 1 N–H and O–H groups in total. The average Bonchev–Trinajstić information content (AvgIpc) is 2.29. The second-order valence-electron chi connectivity index (χ2n) is 2.75. The van der Waals surface area contributed by atoms with E-state index in [0.717, 1.165) is 5.56 Å². The summed E-state index contributed by atoms with van der Waals surface area (Å²) in [5, 5.41) is 0. The second-order valence-corrected chi connectivity index (χ2v) is 2.75. The van der Waals surface area contributed by atoms with Gasteiger partial charge in [-0.25, -0.2) is 4.79 Å². The molecule has 0 bridgehead atoms. The lowest BCUT2D eigenvalue weighted by Crippen LogP contribution is -2.07. The van der Waals surface area contributed by atoms with E-state index in [1.165, 1.54) is 19.4 Å². The van der Waals surface area contributed by atoms with Crippen LogP contribution in [0.1, 0.15) is 5.56 Å². The third-order valence-electron chi connectivity index (χ3n) is 1.65. The van der Waals surface area contributed by atoms with Crippen LogP contribution < -0.4 is 5.48 Å². The van der Waals surface area contributed by atoms with Crippen LogP contribution in [0.3, 0.4) is 0 Å². The number of benzene rings is 1. The summed E-state index contributed by atoms with van der Waals surface area (Å²) in [5.74, 6) is -0.425. The number of rotatable bonds is 5. The maximum atomic E-state index is 10.6. The van der Waals surface area contributed by atoms with Gasteiger partial charge in [0.2, 0.25) is 0 Å². The topological polar surface area (TPSA) is 47.6 Å². The number of esters is 1. The SMILES string of the molecule is COC(=O)/C=C/NOCc1ccccc1. The smallest absolute Gasteiger partial charge is 0.332 e. The van der Waals surface area contributed by atoms with Crippen molar-refractivity contribution in [2.24, 2.45) is 0 Å². The van der Waals surface area contributed by atoms with E-state index in [4.69, 9.17) is 4.84 Å². The molecule has 4 heteroatoms. The van der Waals surface area contributed by atoms with Crippen LogP contribution in [0.25, 0.3) is 0 Å². The minimum atomic E-state index is -0.425. The number of hydroxylamine groups is 1. The number of ether oxygens (including phenoxy) is 1. The van der Waals surface area contributed by atoms with Crippen molar-refractivity contribution in [1.82, 2.24) is 5.48 Å². The quantitative estimate of drug-likeness (QED) is 0.343. The predicted octanol–water partition coefficient (Wildman–Crippen LogP) is 1.39. The fourth-order valence-electron chi connectivity index (χ4n) is 0.917.